The highest BCUT2D eigenvalue weighted by molar-refractivity contribution is 6.31. The van der Waals surface area contributed by atoms with Gasteiger partial charge in [-0.3, -0.25) is 9.78 Å². The molecule has 1 amide bonds. The van der Waals surface area contributed by atoms with Crippen molar-refractivity contribution in [3.8, 4) is 11.5 Å². The van der Waals surface area contributed by atoms with Crippen molar-refractivity contribution in [2.75, 3.05) is 20.8 Å². The van der Waals surface area contributed by atoms with Gasteiger partial charge in [-0.2, -0.15) is 0 Å². The molecule has 1 saturated heterocycles. The smallest absolute Gasteiger partial charge is 0.256 e. The molecule has 1 fully saturated rings. The number of hydrogen-bond donors (Lipinski definition) is 0. The number of benzene rings is 2. The molecule has 0 N–H and O–H groups in total. The zero-order chi connectivity index (χ0) is 20.5. The Hall–Kier alpha value is -2.79. The molecule has 1 atom stereocenters. The summed E-state index contributed by atoms with van der Waals surface area (Å²) in [5.41, 5.74) is 3.22. The second-order valence-corrected chi connectivity index (χ2v) is 7.67. The summed E-state index contributed by atoms with van der Waals surface area (Å²) < 4.78 is 10.8. The lowest BCUT2D eigenvalue weighted by Crippen LogP contribution is -2.31. The second kappa shape index (κ2) is 7.91. The zero-order valence-corrected chi connectivity index (χ0v) is 17.5. The number of amides is 1. The van der Waals surface area contributed by atoms with E-state index in [4.69, 9.17) is 21.1 Å². The second-order valence-electron chi connectivity index (χ2n) is 7.23. The Bertz CT molecular complexity index is 1080. The minimum Gasteiger partial charge on any atom is -0.493 e. The van der Waals surface area contributed by atoms with Crippen LogP contribution in [0.15, 0.2) is 42.5 Å². The van der Waals surface area contributed by atoms with Gasteiger partial charge in [-0.1, -0.05) is 17.7 Å². The number of ether oxygens (including phenoxy) is 2. The molecule has 1 aromatic heterocycles. The molecular weight excluding hydrogens is 388 g/mol. The summed E-state index contributed by atoms with van der Waals surface area (Å²) in [6.07, 6.45) is 1.86. The van der Waals surface area contributed by atoms with Crippen molar-refractivity contribution in [1.29, 1.82) is 0 Å². The van der Waals surface area contributed by atoms with Crippen LogP contribution < -0.4 is 9.47 Å². The third-order valence-corrected chi connectivity index (χ3v) is 5.74. The van der Waals surface area contributed by atoms with Gasteiger partial charge in [0.25, 0.3) is 5.91 Å². The third kappa shape index (κ3) is 3.62. The fourth-order valence-electron chi connectivity index (χ4n) is 4.03. The van der Waals surface area contributed by atoms with Crippen molar-refractivity contribution in [2.24, 2.45) is 0 Å². The molecule has 0 bridgehead atoms. The molecule has 1 aliphatic heterocycles. The van der Waals surface area contributed by atoms with E-state index in [1.165, 1.54) is 0 Å². The van der Waals surface area contributed by atoms with Crippen LogP contribution in [0.2, 0.25) is 5.02 Å². The molecule has 4 rings (SSSR count). The first kappa shape index (κ1) is 19.5. The van der Waals surface area contributed by atoms with Gasteiger partial charge in [0.15, 0.2) is 11.5 Å². The number of nitrogens with zero attached hydrogens (tertiary/aromatic N) is 2. The topological polar surface area (TPSA) is 51.7 Å². The van der Waals surface area contributed by atoms with Crippen LogP contribution in [0.1, 0.15) is 40.5 Å². The summed E-state index contributed by atoms with van der Waals surface area (Å²) in [4.78, 5) is 20.0. The average Bonchev–Trinajstić information content (AvgIpc) is 3.22. The Morgan fingerprint density at radius 1 is 1.10 bits per heavy atom. The van der Waals surface area contributed by atoms with Crippen molar-refractivity contribution < 1.29 is 14.3 Å². The Labute approximate surface area is 175 Å². The molecule has 1 aliphatic rings. The van der Waals surface area contributed by atoms with Crippen LogP contribution in [-0.2, 0) is 0 Å². The third-order valence-electron chi connectivity index (χ3n) is 5.50. The highest BCUT2D eigenvalue weighted by Crippen LogP contribution is 2.38. The summed E-state index contributed by atoms with van der Waals surface area (Å²) in [5.74, 6) is 1.34. The minimum absolute atomic E-state index is 0.00300. The van der Waals surface area contributed by atoms with Crippen LogP contribution in [0.5, 0.6) is 11.5 Å². The highest BCUT2D eigenvalue weighted by Gasteiger charge is 2.32. The van der Waals surface area contributed by atoms with E-state index in [9.17, 15) is 4.79 Å². The molecule has 0 aliphatic carbocycles. The molecule has 1 unspecified atom stereocenters. The molecule has 150 valence electrons. The number of halogens is 1. The number of carbonyl (C=O) groups is 1. The number of rotatable bonds is 4. The summed E-state index contributed by atoms with van der Waals surface area (Å²) in [7, 11) is 3.24. The maximum absolute atomic E-state index is 13.5. The van der Waals surface area contributed by atoms with E-state index in [1.54, 1.807) is 14.2 Å². The van der Waals surface area contributed by atoms with Gasteiger partial charge in [-0.15, -0.1) is 0 Å². The fourth-order valence-corrected chi connectivity index (χ4v) is 4.21. The van der Waals surface area contributed by atoms with E-state index in [1.807, 2.05) is 54.3 Å². The standard InChI is InChI=1S/C23H23ClN2O3/c1-14-18(12-16-11-17(24)7-8-19(16)25-14)23(27)26-10-4-5-20(26)15-6-9-21(28-2)22(13-15)29-3/h6-9,11-13,20H,4-5,10H2,1-3H3. The number of aromatic nitrogens is 1. The van der Waals surface area contributed by atoms with E-state index >= 15 is 0 Å². The summed E-state index contributed by atoms with van der Waals surface area (Å²) >= 11 is 6.13. The van der Waals surface area contributed by atoms with E-state index in [-0.39, 0.29) is 11.9 Å². The highest BCUT2D eigenvalue weighted by atomic mass is 35.5. The normalized spacial score (nSPS) is 16.3. The Morgan fingerprint density at radius 3 is 2.66 bits per heavy atom. The maximum Gasteiger partial charge on any atom is 0.256 e. The van der Waals surface area contributed by atoms with Gasteiger partial charge in [0.1, 0.15) is 0 Å². The predicted molar refractivity (Wildman–Crippen MR) is 114 cm³/mol. The first-order valence-corrected chi connectivity index (χ1v) is 9.99. The Balaban J connectivity index is 1.69. The first-order valence-electron chi connectivity index (χ1n) is 9.61. The summed E-state index contributed by atoms with van der Waals surface area (Å²) in [6.45, 7) is 2.59. The molecule has 29 heavy (non-hydrogen) atoms. The van der Waals surface area contributed by atoms with Gasteiger partial charge in [0, 0.05) is 17.0 Å². The number of hydrogen-bond acceptors (Lipinski definition) is 4. The van der Waals surface area contributed by atoms with Crippen molar-refractivity contribution >= 4 is 28.4 Å². The fraction of sp³-hybridized carbons (Fsp3) is 0.304. The van der Waals surface area contributed by atoms with Crippen LogP contribution >= 0.6 is 11.6 Å². The number of likely N-dealkylation sites (tertiary alicyclic amines) is 1. The lowest BCUT2D eigenvalue weighted by atomic mass is 10.0. The van der Waals surface area contributed by atoms with E-state index in [0.717, 1.165) is 35.0 Å². The lowest BCUT2D eigenvalue weighted by molar-refractivity contribution is 0.0734. The zero-order valence-electron chi connectivity index (χ0n) is 16.7. The maximum atomic E-state index is 13.5. The molecule has 6 heteroatoms. The summed E-state index contributed by atoms with van der Waals surface area (Å²) in [6, 6.07) is 13.3. The van der Waals surface area contributed by atoms with Gasteiger partial charge < -0.3 is 14.4 Å². The van der Waals surface area contributed by atoms with Crippen molar-refractivity contribution in [3.63, 3.8) is 0 Å². The van der Waals surface area contributed by atoms with Crippen molar-refractivity contribution in [3.05, 3.63) is 64.3 Å². The lowest BCUT2D eigenvalue weighted by Gasteiger charge is -2.26. The molecule has 3 aromatic rings. The van der Waals surface area contributed by atoms with E-state index in [0.29, 0.717) is 28.6 Å². The molecule has 2 heterocycles. The number of aryl methyl sites for hydroxylation is 1. The monoisotopic (exact) mass is 410 g/mol. The SMILES string of the molecule is COc1ccc(C2CCCN2C(=O)c2cc3cc(Cl)ccc3nc2C)cc1OC. The van der Waals surface area contributed by atoms with Crippen LogP contribution in [-0.4, -0.2) is 36.6 Å². The predicted octanol–water partition coefficient (Wildman–Crippen LogP) is 5.19. The van der Waals surface area contributed by atoms with Gasteiger partial charge in [-0.25, -0.2) is 0 Å². The van der Waals surface area contributed by atoms with Crippen molar-refractivity contribution in [2.45, 2.75) is 25.8 Å². The van der Waals surface area contributed by atoms with Gasteiger partial charge >= 0.3 is 0 Å². The van der Waals surface area contributed by atoms with Crippen molar-refractivity contribution in [1.82, 2.24) is 9.88 Å². The minimum atomic E-state index is -0.00541. The number of pyridine rings is 1. The first-order chi connectivity index (χ1) is 14.0. The van der Waals surface area contributed by atoms with E-state index < -0.39 is 0 Å². The Morgan fingerprint density at radius 2 is 1.90 bits per heavy atom. The molecule has 0 spiro atoms. The van der Waals surface area contributed by atoms with Crippen LogP contribution in [0.25, 0.3) is 10.9 Å². The number of methoxy groups -OCH3 is 2. The average molecular weight is 411 g/mol. The van der Waals surface area contributed by atoms with Gasteiger partial charge in [0.2, 0.25) is 0 Å². The number of carbonyl (C=O) groups excluding carboxylic acids is 1. The summed E-state index contributed by atoms with van der Waals surface area (Å²) in [5, 5.41) is 1.50. The Kier molecular flexibility index (Phi) is 5.33. The largest absolute Gasteiger partial charge is 0.493 e. The molecule has 0 saturated carbocycles. The van der Waals surface area contributed by atoms with Gasteiger partial charge in [0.05, 0.1) is 37.0 Å². The quantitative estimate of drug-likeness (QED) is 0.593. The van der Waals surface area contributed by atoms with Crippen LogP contribution in [0, 0.1) is 6.92 Å². The molecule has 5 nitrogen and oxygen atoms in total. The van der Waals surface area contributed by atoms with E-state index in [2.05, 4.69) is 4.98 Å². The molecule has 0 radical (unpaired) electrons. The van der Waals surface area contributed by atoms with Crippen LogP contribution in [0.4, 0.5) is 0 Å². The molecular formula is C23H23ClN2O3. The van der Waals surface area contributed by atoms with Gasteiger partial charge in [-0.05, 0) is 61.7 Å². The number of fused-ring (bicyclic) bond motifs is 1. The molecule has 2 aromatic carbocycles. The van der Waals surface area contributed by atoms with Crippen LogP contribution in [0.3, 0.4) is 0 Å².